The Morgan fingerprint density at radius 1 is 1.50 bits per heavy atom. The first kappa shape index (κ1) is 11.4. The summed E-state index contributed by atoms with van der Waals surface area (Å²) < 4.78 is 0. The van der Waals surface area contributed by atoms with E-state index in [9.17, 15) is 0 Å². The molecule has 2 N–H and O–H groups in total. The second kappa shape index (κ2) is 5.87. The van der Waals surface area contributed by atoms with Gasteiger partial charge in [-0.15, -0.1) is 0 Å². The van der Waals surface area contributed by atoms with Gasteiger partial charge in [-0.05, 0) is 25.5 Å². The average molecular weight is 238 g/mol. The molecule has 1 aromatic heterocycles. The van der Waals surface area contributed by atoms with E-state index in [-0.39, 0.29) is 0 Å². The number of rotatable bonds is 4. The number of hydrogen-bond donors (Lipinski definition) is 2. The number of pyridine rings is 1. The van der Waals surface area contributed by atoms with Crippen LogP contribution >= 0.6 is 11.6 Å². The van der Waals surface area contributed by atoms with Gasteiger partial charge in [-0.25, -0.2) is 0 Å². The van der Waals surface area contributed by atoms with Crippen LogP contribution in [0.5, 0.6) is 0 Å². The molecule has 3 nitrogen and oxygen atoms in total. The summed E-state index contributed by atoms with van der Waals surface area (Å²) in [4.78, 5) is 3.95. The van der Waals surface area contributed by atoms with Crippen molar-refractivity contribution in [3.8, 4) is 0 Å². The fourth-order valence-electron chi connectivity index (χ4n) is 1.77. The first-order valence-electron chi connectivity index (χ1n) is 5.58. The van der Waals surface area contributed by atoms with Gasteiger partial charge in [0, 0.05) is 25.5 Å². The topological polar surface area (TPSA) is 37.0 Å². The Kier molecular flexibility index (Phi) is 4.19. The molecule has 4 heteroatoms. The van der Waals surface area contributed by atoms with E-state index in [1.54, 1.807) is 12.4 Å². The van der Waals surface area contributed by atoms with Crippen LogP contribution in [-0.4, -0.2) is 24.6 Å². The van der Waals surface area contributed by atoms with Crippen LogP contribution in [-0.2, 0) is 0 Å². The van der Waals surface area contributed by atoms with Crippen molar-refractivity contribution in [1.82, 2.24) is 10.3 Å². The minimum atomic E-state index is 0.682. The zero-order chi connectivity index (χ0) is 11.2. The van der Waals surface area contributed by atoms with E-state index < -0.39 is 0 Å². The summed E-state index contributed by atoms with van der Waals surface area (Å²) in [5, 5.41) is 7.32. The van der Waals surface area contributed by atoms with Gasteiger partial charge in [0.2, 0.25) is 0 Å². The lowest BCUT2D eigenvalue weighted by Crippen LogP contribution is -2.21. The standard InChI is InChI=1S/C12H16ClN3/c13-11-9-15-7-4-12(11)16-8-3-10-1-5-14-6-2-10/h1,4,7,9,14H,2-3,5-6,8H2,(H,15,16). The lowest BCUT2D eigenvalue weighted by atomic mass is 10.1. The van der Waals surface area contributed by atoms with Crippen LogP contribution in [0.15, 0.2) is 30.1 Å². The Labute approximate surface area is 101 Å². The quantitative estimate of drug-likeness (QED) is 0.790. The van der Waals surface area contributed by atoms with E-state index in [1.807, 2.05) is 6.07 Å². The number of aromatic nitrogens is 1. The molecule has 0 saturated carbocycles. The minimum absolute atomic E-state index is 0.682. The maximum absolute atomic E-state index is 6.00. The van der Waals surface area contributed by atoms with Crippen molar-refractivity contribution in [3.05, 3.63) is 35.1 Å². The highest BCUT2D eigenvalue weighted by Crippen LogP contribution is 2.19. The van der Waals surface area contributed by atoms with Gasteiger partial charge in [0.25, 0.3) is 0 Å². The Morgan fingerprint density at radius 2 is 2.44 bits per heavy atom. The molecule has 0 aromatic carbocycles. The predicted octanol–water partition coefficient (Wildman–Crippen LogP) is 2.46. The second-order valence-corrected chi connectivity index (χ2v) is 4.26. The second-order valence-electron chi connectivity index (χ2n) is 3.85. The first-order chi connectivity index (χ1) is 7.86. The first-order valence-corrected chi connectivity index (χ1v) is 5.96. The van der Waals surface area contributed by atoms with Crippen molar-refractivity contribution >= 4 is 17.3 Å². The van der Waals surface area contributed by atoms with Gasteiger partial charge in [-0.2, -0.15) is 0 Å². The Hall–Kier alpha value is -1.06. The third-order valence-corrected chi connectivity index (χ3v) is 2.99. The molecule has 0 atom stereocenters. The highest BCUT2D eigenvalue weighted by Gasteiger charge is 2.03. The van der Waals surface area contributed by atoms with Gasteiger partial charge in [0.1, 0.15) is 0 Å². The van der Waals surface area contributed by atoms with Crippen molar-refractivity contribution in [2.24, 2.45) is 0 Å². The monoisotopic (exact) mass is 237 g/mol. The molecule has 16 heavy (non-hydrogen) atoms. The average Bonchev–Trinajstić information content (AvgIpc) is 2.33. The van der Waals surface area contributed by atoms with Crippen LogP contribution in [0.4, 0.5) is 5.69 Å². The number of anilines is 1. The molecule has 86 valence electrons. The summed E-state index contributed by atoms with van der Waals surface area (Å²) in [6, 6.07) is 1.90. The third kappa shape index (κ3) is 3.22. The van der Waals surface area contributed by atoms with E-state index in [4.69, 9.17) is 11.6 Å². The van der Waals surface area contributed by atoms with Crippen LogP contribution in [0.1, 0.15) is 12.8 Å². The maximum atomic E-state index is 6.00. The van der Waals surface area contributed by atoms with E-state index in [0.29, 0.717) is 5.02 Å². The molecular formula is C12H16ClN3. The van der Waals surface area contributed by atoms with E-state index in [1.165, 1.54) is 5.57 Å². The summed E-state index contributed by atoms with van der Waals surface area (Å²) in [7, 11) is 0. The predicted molar refractivity (Wildman–Crippen MR) is 67.9 cm³/mol. The zero-order valence-corrected chi connectivity index (χ0v) is 9.93. The fourth-order valence-corrected chi connectivity index (χ4v) is 1.96. The Balaban J connectivity index is 1.80. The number of nitrogens with one attached hydrogen (secondary N) is 2. The minimum Gasteiger partial charge on any atom is -0.383 e. The van der Waals surface area contributed by atoms with Crippen LogP contribution in [0.3, 0.4) is 0 Å². The fraction of sp³-hybridized carbons (Fsp3) is 0.417. The molecule has 0 unspecified atom stereocenters. The SMILES string of the molecule is Clc1cnccc1NCCC1=CCNCC1. The molecule has 0 amide bonds. The van der Waals surface area contributed by atoms with Crippen molar-refractivity contribution in [2.75, 3.05) is 25.0 Å². The molecule has 0 radical (unpaired) electrons. The Morgan fingerprint density at radius 3 is 3.19 bits per heavy atom. The van der Waals surface area contributed by atoms with Crippen molar-refractivity contribution < 1.29 is 0 Å². The summed E-state index contributed by atoms with van der Waals surface area (Å²) in [6.45, 7) is 3.03. The lowest BCUT2D eigenvalue weighted by molar-refractivity contribution is 0.683. The molecule has 1 aliphatic rings. The summed E-state index contributed by atoms with van der Waals surface area (Å²) in [6.07, 6.45) is 7.93. The van der Waals surface area contributed by atoms with Crippen LogP contribution in [0, 0.1) is 0 Å². The molecule has 0 spiro atoms. The largest absolute Gasteiger partial charge is 0.383 e. The molecule has 0 bridgehead atoms. The summed E-state index contributed by atoms with van der Waals surface area (Å²) >= 11 is 6.00. The zero-order valence-electron chi connectivity index (χ0n) is 9.17. The van der Waals surface area contributed by atoms with E-state index in [2.05, 4.69) is 21.7 Å². The number of hydrogen-bond acceptors (Lipinski definition) is 3. The number of halogens is 1. The summed E-state index contributed by atoms with van der Waals surface area (Å²) in [5.41, 5.74) is 2.49. The normalized spacial score (nSPS) is 15.7. The van der Waals surface area contributed by atoms with Crippen LogP contribution in [0.2, 0.25) is 5.02 Å². The van der Waals surface area contributed by atoms with E-state index >= 15 is 0 Å². The van der Waals surface area contributed by atoms with E-state index in [0.717, 1.165) is 38.2 Å². The maximum Gasteiger partial charge on any atom is 0.0820 e. The highest BCUT2D eigenvalue weighted by molar-refractivity contribution is 6.33. The molecule has 0 aliphatic carbocycles. The van der Waals surface area contributed by atoms with Crippen molar-refractivity contribution in [1.29, 1.82) is 0 Å². The molecule has 1 aromatic rings. The van der Waals surface area contributed by atoms with Gasteiger partial charge >= 0.3 is 0 Å². The molecule has 1 aliphatic heterocycles. The van der Waals surface area contributed by atoms with Gasteiger partial charge in [0.05, 0.1) is 10.7 Å². The van der Waals surface area contributed by atoms with Crippen molar-refractivity contribution in [2.45, 2.75) is 12.8 Å². The molecule has 0 fully saturated rings. The number of nitrogens with zero attached hydrogens (tertiary/aromatic N) is 1. The molecule has 2 rings (SSSR count). The van der Waals surface area contributed by atoms with Gasteiger partial charge in [0.15, 0.2) is 0 Å². The molecule has 2 heterocycles. The lowest BCUT2D eigenvalue weighted by Gasteiger charge is -2.14. The van der Waals surface area contributed by atoms with Gasteiger partial charge < -0.3 is 10.6 Å². The van der Waals surface area contributed by atoms with Gasteiger partial charge in [-0.1, -0.05) is 23.3 Å². The summed E-state index contributed by atoms with van der Waals surface area (Å²) in [5.74, 6) is 0. The van der Waals surface area contributed by atoms with Crippen molar-refractivity contribution in [3.63, 3.8) is 0 Å². The molecular weight excluding hydrogens is 222 g/mol. The van der Waals surface area contributed by atoms with Gasteiger partial charge in [-0.3, -0.25) is 4.98 Å². The highest BCUT2D eigenvalue weighted by atomic mass is 35.5. The smallest absolute Gasteiger partial charge is 0.0820 e. The third-order valence-electron chi connectivity index (χ3n) is 2.69. The van der Waals surface area contributed by atoms with Crippen LogP contribution < -0.4 is 10.6 Å². The van der Waals surface area contributed by atoms with Crippen LogP contribution in [0.25, 0.3) is 0 Å². The molecule has 0 saturated heterocycles. The Bertz CT molecular complexity index is 376.